The van der Waals surface area contributed by atoms with Gasteiger partial charge in [-0.3, -0.25) is 34.2 Å². The average molecular weight is 1010 g/mol. The summed E-state index contributed by atoms with van der Waals surface area (Å²) < 4.78 is 55.4. The van der Waals surface area contributed by atoms with E-state index >= 15 is 0 Å². The van der Waals surface area contributed by atoms with Crippen molar-refractivity contribution in [1.29, 1.82) is 0 Å². The maximum atomic E-state index is 13.2. The lowest BCUT2D eigenvalue weighted by atomic mass is 9.98. The first-order chi connectivity index (χ1) is 35.3. The molecule has 2 aliphatic heterocycles. The van der Waals surface area contributed by atoms with E-state index in [2.05, 4.69) is 40.2 Å². The largest absolute Gasteiger partial charge is 0.449 e. The third kappa shape index (κ3) is 17.8. The van der Waals surface area contributed by atoms with Crippen LogP contribution in [0.5, 0.6) is 0 Å². The predicted molar refractivity (Wildman–Crippen MR) is 261 cm³/mol. The summed E-state index contributed by atoms with van der Waals surface area (Å²) >= 11 is 0. The number of piperidine rings is 1. The summed E-state index contributed by atoms with van der Waals surface area (Å²) in [5.41, 5.74) is 5.10. The molecule has 1 atom stereocenters. The number of rotatable bonds is 37. The molecule has 20 nitrogen and oxygen atoms in total. The molecule has 1 fully saturated rings. The molecule has 2 heterocycles. The van der Waals surface area contributed by atoms with E-state index in [0.29, 0.717) is 132 Å². The molecule has 1 unspecified atom stereocenters. The Labute approximate surface area is 419 Å². The van der Waals surface area contributed by atoms with Crippen molar-refractivity contribution in [3.05, 3.63) is 89.0 Å². The number of carbonyl (C=O) groups excluding carboxylic acids is 6. The van der Waals surface area contributed by atoms with Gasteiger partial charge >= 0.3 is 6.09 Å². The molecule has 3 N–H and O–H groups in total. The highest BCUT2D eigenvalue weighted by Gasteiger charge is 2.45. The number of unbranched alkanes of at least 4 members (excludes halogenated alkanes) is 2. The first kappa shape index (κ1) is 55.6. The van der Waals surface area contributed by atoms with Crippen LogP contribution in [0.4, 0.5) is 10.5 Å². The van der Waals surface area contributed by atoms with E-state index in [9.17, 15) is 28.8 Å². The number of hydrogen-bond acceptors (Lipinski definition) is 16. The molecule has 0 aromatic heterocycles. The van der Waals surface area contributed by atoms with Gasteiger partial charge in [0.15, 0.2) is 0 Å². The van der Waals surface area contributed by atoms with Gasteiger partial charge in [0.2, 0.25) is 17.7 Å². The summed E-state index contributed by atoms with van der Waals surface area (Å²) in [6.07, 6.45) is 1.95. The number of fused-ring (bicyclic) bond motifs is 4. The van der Waals surface area contributed by atoms with Crippen molar-refractivity contribution in [3.8, 4) is 11.1 Å². The number of carbonyl (C=O) groups is 6. The summed E-state index contributed by atoms with van der Waals surface area (Å²) in [4.78, 5) is 76.0. The summed E-state index contributed by atoms with van der Waals surface area (Å²) in [7, 11) is 0. The molecule has 72 heavy (non-hydrogen) atoms. The molecule has 3 aliphatic rings. The van der Waals surface area contributed by atoms with E-state index in [0.717, 1.165) is 17.7 Å². The molecule has 3 aromatic carbocycles. The lowest BCUT2D eigenvalue weighted by Crippen LogP contribution is -2.54. The number of nitrogens with one attached hydrogen (secondary N) is 3. The number of hydrogen-bond donors (Lipinski definition) is 3. The molecule has 392 valence electrons. The van der Waals surface area contributed by atoms with Crippen LogP contribution in [-0.2, 0) is 61.8 Å². The Morgan fingerprint density at radius 1 is 0.542 bits per heavy atom. The highest BCUT2D eigenvalue weighted by atomic mass is 16.6. The quantitative estimate of drug-likeness (QED) is 0.0541. The third-order valence-corrected chi connectivity index (χ3v) is 11.8. The SMILES string of the molecule is O=C1CCC(N2C(=O)c3cccc(NC(=O)CCCCCOCCOCCOCCOCCOCCOCCOCCOCCOCCNC(=O)OCC4c5ccccc5-c5ccccc54)c3C2=O)C(=O)N1. The summed E-state index contributed by atoms with van der Waals surface area (Å²) in [6.45, 7) is 8.55. The van der Waals surface area contributed by atoms with Crippen LogP contribution in [0.15, 0.2) is 66.7 Å². The number of anilines is 1. The second-order valence-electron chi connectivity index (χ2n) is 16.8. The lowest BCUT2D eigenvalue weighted by Gasteiger charge is -2.27. The Balaban J connectivity index is 0.616. The van der Waals surface area contributed by atoms with Crippen molar-refractivity contribution < 1.29 is 76.1 Å². The monoisotopic (exact) mass is 1000 g/mol. The number of benzene rings is 3. The minimum absolute atomic E-state index is 0.0218. The van der Waals surface area contributed by atoms with Gasteiger partial charge in [-0.1, -0.05) is 61.0 Å². The van der Waals surface area contributed by atoms with Crippen LogP contribution in [0.25, 0.3) is 11.1 Å². The summed E-state index contributed by atoms with van der Waals surface area (Å²) in [6, 6.07) is 20.0. The first-order valence-electron chi connectivity index (χ1n) is 24.8. The van der Waals surface area contributed by atoms with E-state index in [-0.39, 0.29) is 54.5 Å². The maximum Gasteiger partial charge on any atom is 0.407 e. The maximum absolute atomic E-state index is 13.2. The molecule has 0 spiro atoms. The highest BCUT2D eigenvalue weighted by molar-refractivity contribution is 6.26. The Morgan fingerprint density at radius 2 is 1.03 bits per heavy atom. The van der Waals surface area contributed by atoms with Gasteiger partial charge in [-0.2, -0.15) is 0 Å². The van der Waals surface area contributed by atoms with Gasteiger partial charge in [0, 0.05) is 31.9 Å². The molecule has 1 saturated heterocycles. The molecular formula is C52H68N4O16. The van der Waals surface area contributed by atoms with Crippen LogP contribution >= 0.6 is 0 Å². The van der Waals surface area contributed by atoms with Gasteiger partial charge in [0.05, 0.1) is 129 Å². The standard InChI is InChI=1S/C52H68N4O16/c57-46(54-44-14-8-13-42-48(44)51(61)56(50(42)60)45-16-17-47(58)55-49(45)59)15-2-1-7-19-63-21-23-65-25-27-67-29-31-69-33-35-71-36-34-70-32-30-68-28-26-66-24-22-64-20-18-53-52(62)72-37-43-40-11-5-3-9-38(40)39-10-4-6-12-41(39)43/h3-6,8-14,43,45H,1-2,7,15-37H2,(H,53,62)(H,54,57)(H,55,58,59). The highest BCUT2D eigenvalue weighted by Crippen LogP contribution is 2.44. The molecule has 6 amide bonds. The number of imide groups is 2. The number of amides is 6. The minimum Gasteiger partial charge on any atom is -0.449 e. The average Bonchev–Trinajstić information content (AvgIpc) is 3.84. The molecule has 6 rings (SSSR count). The van der Waals surface area contributed by atoms with Crippen molar-refractivity contribution in [3.63, 3.8) is 0 Å². The Kier molecular flexibility index (Phi) is 24.5. The van der Waals surface area contributed by atoms with Crippen LogP contribution in [0.2, 0.25) is 0 Å². The fraction of sp³-hybridized carbons (Fsp3) is 0.538. The van der Waals surface area contributed by atoms with E-state index in [1.54, 1.807) is 12.1 Å². The number of nitrogens with zero attached hydrogens (tertiary/aromatic N) is 1. The van der Waals surface area contributed by atoms with E-state index in [1.165, 1.54) is 28.3 Å². The lowest BCUT2D eigenvalue weighted by molar-refractivity contribution is -0.136. The number of ether oxygens (including phenoxy) is 10. The fourth-order valence-corrected chi connectivity index (χ4v) is 8.23. The van der Waals surface area contributed by atoms with Crippen LogP contribution in [-0.4, -0.2) is 179 Å². The van der Waals surface area contributed by atoms with Crippen LogP contribution in [0.3, 0.4) is 0 Å². The topological polar surface area (TPSA) is 234 Å². The minimum atomic E-state index is -1.08. The summed E-state index contributed by atoms with van der Waals surface area (Å²) in [5, 5.41) is 7.65. The zero-order valence-corrected chi connectivity index (χ0v) is 40.9. The van der Waals surface area contributed by atoms with E-state index < -0.39 is 35.8 Å². The van der Waals surface area contributed by atoms with Gasteiger partial charge in [-0.25, -0.2) is 4.79 Å². The van der Waals surface area contributed by atoms with Gasteiger partial charge in [-0.15, -0.1) is 0 Å². The van der Waals surface area contributed by atoms with Crippen molar-refractivity contribution >= 4 is 41.3 Å². The zero-order chi connectivity index (χ0) is 50.6. The van der Waals surface area contributed by atoms with Crippen molar-refractivity contribution in [1.82, 2.24) is 15.5 Å². The second-order valence-corrected chi connectivity index (χ2v) is 16.8. The van der Waals surface area contributed by atoms with Gasteiger partial charge in [0.25, 0.3) is 11.8 Å². The molecule has 1 aliphatic carbocycles. The van der Waals surface area contributed by atoms with Gasteiger partial charge in [0.1, 0.15) is 12.6 Å². The first-order valence-corrected chi connectivity index (χ1v) is 24.8. The van der Waals surface area contributed by atoms with Crippen LogP contribution in [0, 0.1) is 0 Å². The fourth-order valence-electron chi connectivity index (χ4n) is 8.23. The molecule has 0 saturated carbocycles. The van der Waals surface area contributed by atoms with E-state index in [4.69, 9.17) is 47.4 Å². The molecule has 0 radical (unpaired) electrons. The normalized spacial score (nSPS) is 15.1. The Morgan fingerprint density at radius 3 is 1.56 bits per heavy atom. The smallest absolute Gasteiger partial charge is 0.407 e. The Bertz CT molecular complexity index is 2160. The third-order valence-electron chi connectivity index (χ3n) is 11.8. The van der Waals surface area contributed by atoms with Crippen molar-refractivity contribution in [2.75, 3.05) is 137 Å². The molecule has 0 bridgehead atoms. The van der Waals surface area contributed by atoms with Crippen molar-refractivity contribution in [2.45, 2.75) is 50.5 Å². The van der Waals surface area contributed by atoms with Crippen molar-refractivity contribution in [2.24, 2.45) is 0 Å². The van der Waals surface area contributed by atoms with E-state index in [1.807, 2.05) is 24.3 Å². The second kappa shape index (κ2) is 31.7. The molecule has 3 aromatic rings. The van der Waals surface area contributed by atoms with Crippen LogP contribution in [0.1, 0.15) is 76.3 Å². The molecular weight excluding hydrogens is 937 g/mol. The number of alkyl carbamates (subject to hydrolysis) is 1. The van der Waals surface area contributed by atoms with Crippen LogP contribution < -0.4 is 16.0 Å². The predicted octanol–water partition coefficient (Wildman–Crippen LogP) is 4.27. The summed E-state index contributed by atoms with van der Waals surface area (Å²) in [5.74, 6) is -2.71. The van der Waals surface area contributed by atoms with Gasteiger partial charge in [-0.05, 0) is 53.6 Å². The molecule has 20 heteroatoms. The van der Waals surface area contributed by atoms with Gasteiger partial charge < -0.3 is 58.0 Å². The zero-order valence-electron chi connectivity index (χ0n) is 40.9. The Hall–Kier alpha value is -5.68.